The van der Waals surface area contributed by atoms with Crippen LogP contribution in [0.25, 0.3) is 43.6 Å². The summed E-state index contributed by atoms with van der Waals surface area (Å²) in [5.41, 5.74) is 7.22. The number of hydrogen-bond donors (Lipinski definition) is 6. The van der Waals surface area contributed by atoms with E-state index in [0.717, 1.165) is 68.1 Å². The van der Waals surface area contributed by atoms with E-state index in [9.17, 15) is 57.5 Å². The summed E-state index contributed by atoms with van der Waals surface area (Å²) >= 11 is 0. The second-order valence-electron chi connectivity index (χ2n) is 31.9. The van der Waals surface area contributed by atoms with Crippen molar-refractivity contribution in [2.45, 2.75) is 221 Å². The molecule has 6 heterocycles. The number of unbranched alkanes of at least 4 members (excludes halogenated alkanes) is 3. The molecule has 602 valence electrons. The van der Waals surface area contributed by atoms with Gasteiger partial charge in [-0.05, 0) is 164 Å². The highest BCUT2D eigenvalue weighted by Crippen LogP contribution is 2.33. The molecule has 8 aromatic rings. The van der Waals surface area contributed by atoms with Crippen LogP contribution in [-0.4, -0.2) is 111 Å². The molecule has 6 amide bonds. The Kier molecular flexibility index (Phi) is 27.9. The first kappa shape index (κ1) is 85.0. The van der Waals surface area contributed by atoms with E-state index in [-0.39, 0.29) is 113 Å². The number of ketones is 2. The molecule has 0 radical (unpaired) electrons. The van der Waals surface area contributed by atoms with Gasteiger partial charge in [-0.1, -0.05) is 133 Å². The van der Waals surface area contributed by atoms with Crippen molar-refractivity contribution in [3.05, 3.63) is 209 Å². The third kappa shape index (κ3) is 20.8. The highest BCUT2D eigenvalue weighted by atomic mass is 16.2. The van der Waals surface area contributed by atoms with E-state index in [1.165, 1.54) is 18.3 Å². The van der Waals surface area contributed by atoms with Crippen molar-refractivity contribution >= 4 is 90.6 Å². The molecule has 27 nitrogen and oxygen atoms in total. The summed E-state index contributed by atoms with van der Waals surface area (Å²) in [6.45, 7) is 31.8. The zero-order chi connectivity index (χ0) is 82.6. The minimum absolute atomic E-state index is 0.00330. The minimum atomic E-state index is -0.619. The van der Waals surface area contributed by atoms with Gasteiger partial charge in [0.05, 0.1) is 62.2 Å². The Morgan fingerprint density at radius 3 is 1.13 bits per heavy atom. The highest BCUT2D eigenvalue weighted by Gasteiger charge is 2.35. The maximum absolute atomic E-state index is 13.4. The molecule has 27 heteroatoms. The second-order valence-corrected chi connectivity index (χ2v) is 31.9. The van der Waals surface area contributed by atoms with Crippen molar-refractivity contribution in [3.63, 3.8) is 0 Å². The van der Waals surface area contributed by atoms with E-state index in [1.807, 2.05) is 77.3 Å². The lowest BCUT2D eigenvalue weighted by Gasteiger charge is -2.26. The molecule has 0 bridgehead atoms. The van der Waals surface area contributed by atoms with Crippen LogP contribution in [0, 0.1) is 39.0 Å². The van der Waals surface area contributed by atoms with Crippen LogP contribution in [0.5, 0.6) is 0 Å². The van der Waals surface area contributed by atoms with E-state index in [4.69, 9.17) is 0 Å². The van der Waals surface area contributed by atoms with Crippen molar-refractivity contribution in [3.8, 4) is 0 Å². The number of carbonyl (C=O) groups excluding carboxylic acids is 8. The van der Waals surface area contributed by atoms with Crippen LogP contribution in [0.15, 0.2) is 141 Å². The largest absolute Gasteiger partial charge is 0.352 e. The number of nitrogens with zero attached hydrogens (tertiary/aromatic N) is 9. The number of aromatic nitrogens is 8. The zero-order valence-electron chi connectivity index (χ0n) is 67.3. The molecule has 13 rings (SSSR count). The molecule has 114 heavy (non-hydrogen) atoms. The standard InChI is InChI=1S/C24H31N3O3.C23H29N3O3.C20H25N5O3.C20H22N4O3/c1-4-5-6-7-11-22(29)25-15-18-9-8-10-19-23(18)24(30)27(17(3)26-19)20-13-12-16(2)14-21(20)28;1-14-9-10-18(19(27)11-14)26-15(2)25-17-8-6-7-16(21(17)22(26)29)13-24-20(28)12-23(3,4)5;1-12-8-9-16(19(27)22-12)25-13(2)23-15-7-5-6-14(18(15)20(25)28)10-21-17(26)11-24(3)4;1-11-6-9-16(19(26)22-11)24-12(2)23-15-5-3-4-14(17(15)20(24)27)10-21-18(25)13-7-8-13/h8-10,20H,2,4-7,11-15H2,1,3H3,(H,25,29);6-8,18H,1,9-13H2,2-5H3,(H,24,28);5-7,16H,1,8-11H2,2-4H3,(H,21,26)(H,22,27);3-5,13,16H,1,6-10H2,2H3,(H,21,25)(H,22,26). The molecule has 3 aliphatic carbocycles. The van der Waals surface area contributed by atoms with Crippen LogP contribution >= 0.6 is 0 Å². The lowest BCUT2D eigenvalue weighted by atomic mass is 9.90. The molecule has 3 saturated carbocycles. The van der Waals surface area contributed by atoms with Gasteiger partial charge in [-0.25, -0.2) is 19.9 Å². The van der Waals surface area contributed by atoms with Crippen molar-refractivity contribution < 1.29 is 38.4 Å². The molecule has 4 aromatic carbocycles. The predicted octanol–water partition coefficient (Wildman–Crippen LogP) is 10.3. The topological polar surface area (TPSA) is 352 Å². The first-order valence-electron chi connectivity index (χ1n) is 39.3. The fraction of sp³-hybridized carbons (Fsp3) is 0.448. The summed E-state index contributed by atoms with van der Waals surface area (Å²) in [7, 11) is 3.62. The molecular weight excluding hydrogens is 1450 g/mol. The van der Waals surface area contributed by atoms with Crippen LogP contribution in [0.1, 0.15) is 213 Å². The number of carbonyl (C=O) groups is 8. The van der Waals surface area contributed by atoms with Gasteiger partial charge in [0.2, 0.25) is 35.4 Å². The Morgan fingerprint density at radius 1 is 0.456 bits per heavy atom. The Bertz CT molecular complexity index is 5420. The van der Waals surface area contributed by atoms with Crippen molar-refractivity contribution in [1.82, 2.24) is 75.0 Å². The molecular formula is C87H107N15O12. The van der Waals surface area contributed by atoms with Crippen LogP contribution in [0.2, 0.25) is 0 Å². The fourth-order valence-corrected chi connectivity index (χ4v) is 15.2. The SMILES string of the molecule is C=C1CCC(n2c(C)nc3cccc(CNC(=O)C4CC4)c3c2=O)C(=O)N1.C=C1CCC(n2c(C)nc3cccc(CNC(=O)CC(C)(C)C)c3c2=O)C(=O)C1.C=C1CCC(n2c(C)nc3cccc(CNC(=O)CCCCCC)c3c2=O)C(=O)C1.C=C1CCC(n2c(C)nc3cccc(CNC(=O)CN(C)C)c3c2=O)C(=O)N1. The number of likely N-dealkylation sites (N-methyl/N-ethyl adjacent to an activating group) is 1. The number of nitrogens with one attached hydrogen (secondary N) is 6. The van der Waals surface area contributed by atoms with E-state index in [2.05, 4.69) is 85.1 Å². The summed E-state index contributed by atoms with van der Waals surface area (Å²) in [5.74, 6) is 1.51. The van der Waals surface area contributed by atoms with Crippen LogP contribution in [0.4, 0.5) is 0 Å². The van der Waals surface area contributed by atoms with Gasteiger partial charge >= 0.3 is 0 Å². The number of piperidine rings is 2. The van der Waals surface area contributed by atoms with E-state index < -0.39 is 24.2 Å². The molecule has 2 saturated heterocycles. The van der Waals surface area contributed by atoms with Gasteiger partial charge in [0.25, 0.3) is 22.2 Å². The summed E-state index contributed by atoms with van der Waals surface area (Å²) in [5, 5.41) is 18.8. The van der Waals surface area contributed by atoms with Crippen LogP contribution < -0.4 is 54.1 Å². The molecule has 4 atom stereocenters. The third-order valence-electron chi connectivity index (χ3n) is 21.0. The Morgan fingerprint density at radius 2 is 0.798 bits per heavy atom. The second kappa shape index (κ2) is 37.4. The molecule has 2 aliphatic heterocycles. The number of benzene rings is 4. The Hall–Kier alpha value is -11.5. The number of Topliss-reactive ketones (excluding diaryl/α,β-unsaturated/α-hetero) is 2. The van der Waals surface area contributed by atoms with Crippen LogP contribution in [-0.2, 0) is 64.5 Å². The average Bonchev–Trinajstić information content (AvgIpc) is 1.13. The van der Waals surface area contributed by atoms with Gasteiger partial charge in [0.1, 0.15) is 35.4 Å². The molecule has 5 fully saturated rings. The van der Waals surface area contributed by atoms with Gasteiger partial charge in [0, 0.05) is 69.2 Å². The quantitative estimate of drug-likeness (QED) is 0.0288. The number of amides is 6. The smallest absolute Gasteiger partial charge is 0.262 e. The van der Waals surface area contributed by atoms with E-state index >= 15 is 0 Å². The molecule has 6 N–H and O–H groups in total. The first-order valence-corrected chi connectivity index (χ1v) is 39.3. The molecule has 4 unspecified atom stereocenters. The fourth-order valence-electron chi connectivity index (χ4n) is 15.2. The van der Waals surface area contributed by atoms with E-state index in [0.29, 0.717) is 159 Å². The summed E-state index contributed by atoms with van der Waals surface area (Å²) in [6, 6.07) is 19.5. The lowest BCUT2D eigenvalue weighted by molar-refractivity contribution is -0.125. The van der Waals surface area contributed by atoms with Gasteiger partial charge in [-0.15, -0.1) is 0 Å². The Balaban J connectivity index is 0.000000161. The number of fused-ring (bicyclic) bond motifs is 4. The maximum atomic E-state index is 13.4. The third-order valence-corrected chi connectivity index (χ3v) is 21.0. The van der Waals surface area contributed by atoms with Crippen molar-refractivity contribution in [2.24, 2.45) is 11.3 Å². The zero-order valence-corrected chi connectivity index (χ0v) is 67.3. The van der Waals surface area contributed by atoms with Gasteiger partial charge in [-0.2, -0.15) is 0 Å². The van der Waals surface area contributed by atoms with E-state index in [1.54, 1.807) is 62.9 Å². The number of allylic oxidation sites excluding steroid dienone is 4. The summed E-state index contributed by atoms with van der Waals surface area (Å²) in [4.78, 5) is 172. The summed E-state index contributed by atoms with van der Waals surface area (Å²) in [6.07, 6.45) is 12.4. The average molecular weight is 1550 g/mol. The predicted molar refractivity (Wildman–Crippen MR) is 440 cm³/mol. The van der Waals surface area contributed by atoms with Crippen LogP contribution in [0.3, 0.4) is 0 Å². The number of hydrogen-bond acceptors (Lipinski definition) is 17. The summed E-state index contributed by atoms with van der Waals surface area (Å²) < 4.78 is 5.98. The highest BCUT2D eigenvalue weighted by molar-refractivity contribution is 5.91. The monoisotopic (exact) mass is 1550 g/mol. The van der Waals surface area contributed by atoms with Gasteiger partial charge in [0.15, 0.2) is 11.6 Å². The number of rotatable bonds is 21. The normalized spacial score (nSPS) is 17.8. The van der Waals surface area contributed by atoms with Crippen molar-refractivity contribution in [1.29, 1.82) is 0 Å². The van der Waals surface area contributed by atoms with Gasteiger partial charge in [-0.3, -0.25) is 75.8 Å². The van der Waals surface area contributed by atoms with Gasteiger partial charge < -0.3 is 36.8 Å². The molecule has 0 spiro atoms. The Labute approximate surface area is 662 Å². The number of aryl methyl sites for hydroxylation is 4. The molecule has 4 aromatic heterocycles. The lowest BCUT2D eigenvalue weighted by Crippen LogP contribution is -2.41. The minimum Gasteiger partial charge on any atom is -0.352 e. The van der Waals surface area contributed by atoms with Crippen molar-refractivity contribution in [2.75, 3.05) is 20.6 Å². The molecule has 5 aliphatic rings. The first-order chi connectivity index (χ1) is 54.2. The maximum Gasteiger partial charge on any atom is 0.262 e.